The molecule has 1 aliphatic heterocycles. The Morgan fingerprint density at radius 1 is 0.941 bits per heavy atom. The Morgan fingerprint density at radius 3 is 2.41 bits per heavy atom. The molecule has 3 amide bonds. The van der Waals surface area contributed by atoms with Crippen LogP contribution in [0.4, 0.5) is 16.2 Å². The summed E-state index contributed by atoms with van der Waals surface area (Å²) >= 11 is 0. The SMILES string of the molecule is COC(=O)c1ccc(C)cc1NC(=O)NCc1ccc2c(c1)N(C(=O)c1ccc(C)cc1)CC2. The van der Waals surface area contributed by atoms with Gasteiger partial charge in [-0.1, -0.05) is 35.9 Å². The zero-order valence-corrected chi connectivity index (χ0v) is 19.5. The van der Waals surface area contributed by atoms with Crippen LogP contribution in [0.15, 0.2) is 60.7 Å². The van der Waals surface area contributed by atoms with Gasteiger partial charge in [-0.2, -0.15) is 0 Å². The van der Waals surface area contributed by atoms with Gasteiger partial charge in [-0.05, 0) is 67.3 Å². The minimum atomic E-state index is -0.521. The van der Waals surface area contributed by atoms with Gasteiger partial charge in [-0.3, -0.25) is 4.79 Å². The molecule has 2 N–H and O–H groups in total. The van der Waals surface area contributed by atoms with Crippen molar-refractivity contribution in [2.45, 2.75) is 26.8 Å². The number of hydrogen-bond donors (Lipinski definition) is 2. The lowest BCUT2D eigenvalue weighted by Crippen LogP contribution is -2.30. The van der Waals surface area contributed by atoms with E-state index < -0.39 is 12.0 Å². The van der Waals surface area contributed by atoms with Gasteiger partial charge in [-0.15, -0.1) is 0 Å². The number of nitrogens with one attached hydrogen (secondary N) is 2. The van der Waals surface area contributed by atoms with E-state index in [4.69, 9.17) is 4.74 Å². The smallest absolute Gasteiger partial charge is 0.339 e. The van der Waals surface area contributed by atoms with Crippen LogP contribution in [0.3, 0.4) is 0 Å². The molecule has 1 aliphatic rings. The van der Waals surface area contributed by atoms with E-state index in [1.807, 2.05) is 56.3 Å². The quantitative estimate of drug-likeness (QED) is 0.548. The molecule has 0 fully saturated rings. The molecule has 0 saturated heterocycles. The lowest BCUT2D eigenvalue weighted by Gasteiger charge is -2.18. The van der Waals surface area contributed by atoms with Crippen LogP contribution in [0.2, 0.25) is 0 Å². The highest BCUT2D eigenvalue weighted by molar-refractivity contribution is 6.07. The molecule has 0 aromatic heterocycles. The van der Waals surface area contributed by atoms with Crippen LogP contribution in [0.25, 0.3) is 0 Å². The molecule has 3 aromatic carbocycles. The summed E-state index contributed by atoms with van der Waals surface area (Å²) < 4.78 is 4.79. The first kappa shape index (κ1) is 23.0. The number of urea groups is 1. The number of carbonyl (C=O) groups excluding carboxylic acids is 3. The summed E-state index contributed by atoms with van der Waals surface area (Å²) in [5.41, 5.74) is 6.18. The predicted octanol–water partition coefficient (Wildman–Crippen LogP) is 4.61. The van der Waals surface area contributed by atoms with Gasteiger partial charge in [0.1, 0.15) is 0 Å². The molecule has 7 heteroatoms. The van der Waals surface area contributed by atoms with Crippen molar-refractivity contribution in [1.82, 2.24) is 5.32 Å². The molecule has 174 valence electrons. The van der Waals surface area contributed by atoms with E-state index in [1.54, 1.807) is 23.1 Å². The fourth-order valence-electron chi connectivity index (χ4n) is 4.00. The summed E-state index contributed by atoms with van der Waals surface area (Å²) in [5, 5.41) is 5.55. The largest absolute Gasteiger partial charge is 0.465 e. The predicted molar refractivity (Wildman–Crippen MR) is 131 cm³/mol. The zero-order chi connectivity index (χ0) is 24.2. The van der Waals surface area contributed by atoms with E-state index in [-0.39, 0.29) is 18.0 Å². The van der Waals surface area contributed by atoms with Crippen LogP contribution >= 0.6 is 0 Å². The second-order valence-corrected chi connectivity index (χ2v) is 8.38. The third-order valence-corrected chi connectivity index (χ3v) is 5.87. The molecule has 0 radical (unpaired) electrons. The first-order chi connectivity index (χ1) is 16.4. The number of aryl methyl sites for hydroxylation is 2. The molecule has 0 atom stereocenters. The topological polar surface area (TPSA) is 87.7 Å². The fraction of sp³-hybridized carbons (Fsp3) is 0.222. The van der Waals surface area contributed by atoms with Crippen LogP contribution in [0.5, 0.6) is 0 Å². The monoisotopic (exact) mass is 457 g/mol. The third-order valence-electron chi connectivity index (χ3n) is 5.87. The van der Waals surface area contributed by atoms with Crippen molar-refractivity contribution in [3.63, 3.8) is 0 Å². The highest BCUT2D eigenvalue weighted by Gasteiger charge is 2.26. The van der Waals surface area contributed by atoms with Crippen molar-refractivity contribution in [2.24, 2.45) is 0 Å². The molecule has 0 aliphatic carbocycles. The summed E-state index contributed by atoms with van der Waals surface area (Å²) in [5.74, 6) is -0.552. The van der Waals surface area contributed by atoms with Gasteiger partial charge >= 0.3 is 12.0 Å². The normalized spacial score (nSPS) is 12.1. The number of esters is 1. The summed E-state index contributed by atoms with van der Waals surface area (Å²) in [6, 6.07) is 18.1. The number of methoxy groups -OCH3 is 1. The average molecular weight is 458 g/mol. The van der Waals surface area contributed by atoms with Crippen LogP contribution in [-0.4, -0.2) is 31.6 Å². The van der Waals surface area contributed by atoms with E-state index in [0.717, 1.165) is 34.4 Å². The molecule has 0 saturated carbocycles. The molecule has 0 unspecified atom stereocenters. The van der Waals surface area contributed by atoms with E-state index in [1.165, 1.54) is 7.11 Å². The molecular weight excluding hydrogens is 430 g/mol. The summed E-state index contributed by atoms with van der Waals surface area (Å²) in [6.07, 6.45) is 0.796. The number of hydrogen-bond acceptors (Lipinski definition) is 4. The standard InChI is InChI=1S/C27H27N3O4/c1-17-4-8-21(9-5-17)25(31)30-13-12-20-10-7-19(15-24(20)30)16-28-27(33)29-23-14-18(2)6-11-22(23)26(32)34-3/h4-11,14-15H,12-13,16H2,1-3H3,(H2,28,29,33). The van der Waals surface area contributed by atoms with Gasteiger partial charge < -0.3 is 20.3 Å². The first-order valence-electron chi connectivity index (χ1n) is 11.1. The first-order valence-corrected chi connectivity index (χ1v) is 11.1. The minimum absolute atomic E-state index is 0.0311. The number of rotatable bonds is 5. The van der Waals surface area contributed by atoms with Crippen LogP contribution in [0.1, 0.15) is 43.0 Å². The van der Waals surface area contributed by atoms with Crippen LogP contribution in [0, 0.1) is 13.8 Å². The average Bonchev–Trinajstić information content (AvgIpc) is 3.25. The number of carbonyl (C=O) groups is 3. The maximum atomic E-state index is 13.0. The zero-order valence-electron chi connectivity index (χ0n) is 19.5. The molecule has 7 nitrogen and oxygen atoms in total. The molecule has 0 bridgehead atoms. The third kappa shape index (κ3) is 4.93. The Kier molecular flexibility index (Phi) is 6.63. The Morgan fingerprint density at radius 2 is 1.68 bits per heavy atom. The Balaban J connectivity index is 1.44. The van der Waals surface area contributed by atoms with Gasteiger partial charge in [0.05, 0.1) is 18.4 Å². The summed E-state index contributed by atoms with van der Waals surface area (Å²) in [4.78, 5) is 39.4. The lowest BCUT2D eigenvalue weighted by atomic mass is 10.1. The molecule has 34 heavy (non-hydrogen) atoms. The summed E-state index contributed by atoms with van der Waals surface area (Å²) in [7, 11) is 1.30. The molecule has 3 aromatic rings. The van der Waals surface area contributed by atoms with E-state index in [0.29, 0.717) is 17.8 Å². The van der Waals surface area contributed by atoms with Crippen molar-refractivity contribution < 1.29 is 19.1 Å². The van der Waals surface area contributed by atoms with Crippen LogP contribution < -0.4 is 15.5 Å². The molecular formula is C27H27N3O4. The summed E-state index contributed by atoms with van der Waals surface area (Å²) in [6.45, 7) is 4.76. The maximum absolute atomic E-state index is 13.0. The lowest BCUT2D eigenvalue weighted by molar-refractivity contribution is 0.0601. The van der Waals surface area contributed by atoms with Crippen LogP contribution in [-0.2, 0) is 17.7 Å². The van der Waals surface area contributed by atoms with Gasteiger partial charge in [0.15, 0.2) is 0 Å². The van der Waals surface area contributed by atoms with Crippen molar-refractivity contribution in [2.75, 3.05) is 23.9 Å². The highest BCUT2D eigenvalue weighted by Crippen LogP contribution is 2.30. The van der Waals surface area contributed by atoms with Gasteiger partial charge in [-0.25, -0.2) is 9.59 Å². The van der Waals surface area contributed by atoms with Crippen molar-refractivity contribution in [3.05, 3.63) is 94.0 Å². The van der Waals surface area contributed by atoms with E-state index in [2.05, 4.69) is 10.6 Å². The number of anilines is 2. The maximum Gasteiger partial charge on any atom is 0.339 e. The Hall–Kier alpha value is -4.13. The van der Waals surface area contributed by atoms with Gasteiger partial charge in [0.2, 0.25) is 0 Å². The number of nitrogens with zero attached hydrogens (tertiary/aromatic N) is 1. The van der Waals surface area contributed by atoms with Crippen molar-refractivity contribution in [3.8, 4) is 0 Å². The van der Waals surface area contributed by atoms with Crippen molar-refractivity contribution >= 4 is 29.3 Å². The molecule has 1 heterocycles. The fourth-order valence-corrected chi connectivity index (χ4v) is 4.00. The number of benzene rings is 3. The number of amides is 3. The number of fused-ring (bicyclic) bond motifs is 1. The second-order valence-electron chi connectivity index (χ2n) is 8.38. The van der Waals surface area contributed by atoms with E-state index >= 15 is 0 Å². The van der Waals surface area contributed by atoms with E-state index in [9.17, 15) is 14.4 Å². The molecule has 0 spiro atoms. The molecule has 4 rings (SSSR count). The highest BCUT2D eigenvalue weighted by atomic mass is 16.5. The second kappa shape index (κ2) is 9.79. The van der Waals surface area contributed by atoms with Gasteiger partial charge in [0.25, 0.3) is 5.91 Å². The Bertz CT molecular complexity index is 1250. The number of ether oxygens (including phenoxy) is 1. The Labute approximate surface area is 198 Å². The van der Waals surface area contributed by atoms with Gasteiger partial charge in [0, 0.05) is 24.3 Å². The van der Waals surface area contributed by atoms with Crippen molar-refractivity contribution in [1.29, 1.82) is 0 Å². The minimum Gasteiger partial charge on any atom is -0.465 e.